The molecule has 0 aliphatic carbocycles. The third kappa shape index (κ3) is 10.1. The molecule has 0 aliphatic rings. The maximum atomic E-state index is 14.0. The van der Waals surface area contributed by atoms with Crippen molar-refractivity contribution in [1.29, 1.82) is 0 Å². The summed E-state index contributed by atoms with van der Waals surface area (Å²) >= 11 is 0. The van der Waals surface area contributed by atoms with Gasteiger partial charge in [0, 0.05) is 32.5 Å². The highest BCUT2D eigenvalue weighted by Crippen LogP contribution is 2.30. The van der Waals surface area contributed by atoms with E-state index in [2.05, 4.69) is 12.2 Å². The summed E-state index contributed by atoms with van der Waals surface area (Å²) < 4.78 is 32.6. The molecule has 0 saturated heterocycles. The van der Waals surface area contributed by atoms with Crippen LogP contribution in [0.2, 0.25) is 0 Å². The minimum absolute atomic E-state index is 0.0717. The Kier molecular flexibility index (Phi) is 13.1. The molecule has 0 aromatic heterocycles. The standard InChI is InChI=1S/C34H45N3O5S/c1-5-7-23-35-34(39)31(25-28-17-9-8-10-18-28)36(26-29-19-12-11-16-27(29)3)33(38)22-15-24-37(43(4,40)41)30-20-13-14-21-32(30)42-6-2/h8-14,16-21,31H,5-7,15,22-26H2,1-4H3,(H,35,39)/t31-/m0/s1. The molecule has 0 aliphatic heterocycles. The van der Waals surface area contributed by atoms with E-state index in [-0.39, 0.29) is 37.7 Å². The molecule has 0 heterocycles. The molecular formula is C34H45N3O5S. The number of hydrogen-bond acceptors (Lipinski definition) is 5. The van der Waals surface area contributed by atoms with Crippen LogP contribution >= 0.6 is 0 Å². The van der Waals surface area contributed by atoms with Gasteiger partial charge in [-0.05, 0) is 55.5 Å². The summed E-state index contributed by atoms with van der Waals surface area (Å²) in [5, 5.41) is 3.04. The van der Waals surface area contributed by atoms with Gasteiger partial charge in [0.25, 0.3) is 0 Å². The zero-order chi connectivity index (χ0) is 31.2. The largest absolute Gasteiger partial charge is 0.492 e. The number of carbonyl (C=O) groups excluding carboxylic acids is 2. The van der Waals surface area contributed by atoms with Crippen LogP contribution in [0.4, 0.5) is 5.69 Å². The normalized spacial score (nSPS) is 11.9. The first-order valence-corrected chi connectivity index (χ1v) is 16.9. The van der Waals surface area contributed by atoms with Gasteiger partial charge in [-0.25, -0.2) is 8.42 Å². The molecule has 3 aromatic carbocycles. The number of amides is 2. The molecule has 1 atom stereocenters. The second-order valence-electron chi connectivity index (χ2n) is 10.6. The second-order valence-corrected chi connectivity index (χ2v) is 12.5. The fraction of sp³-hybridized carbons (Fsp3) is 0.412. The Balaban J connectivity index is 1.89. The summed E-state index contributed by atoms with van der Waals surface area (Å²) in [4.78, 5) is 29.3. The number of benzene rings is 3. The molecule has 9 heteroatoms. The van der Waals surface area contributed by atoms with Crippen LogP contribution in [0.5, 0.6) is 5.75 Å². The van der Waals surface area contributed by atoms with Gasteiger partial charge in [-0.15, -0.1) is 0 Å². The SMILES string of the molecule is CCCCNC(=O)[C@H](Cc1ccccc1)N(Cc1ccccc1C)C(=O)CCCN(c1ccccc1OCC)S(C)(=O)=O. The lowest BCUT2D eigenvalue weighted by Crippen LogP contribution is -2.50. The summed E-state index contributed by atoms with van der Waals surface area (Å²) in [5.41, 5.74) is 3.38. The van der Waals surface area contributed by atoms with Crippen LogP contribution in [0.25, 0.3) is 0 Å². The van der Waals surface area contributed by atoms with Crippen molar-refractivity contribution >= 4 is 27.5 Å². The Bertz CT molecular complexity index is 1430. The lowest BCUT2D eigenvalue weighted by atomic mass is 10.0. The number of unbranched alkanes of at least 4 members (excludes halogenated alkanes) is 1. The van der Waals surface area contributed by atoms with Crippen LogP contribution in [-0.2, 0) is 32.6 Å². The van der Waals surface area contributed by atoms with Crippen LogP contribution in [0.3, 0.4) is 0 Å². The highest BCUT2D eigenvalue weighted by molar-refractivity contribution is 7.92. The van der Waals surface area contributed by atoms with E-state index < -0.39 is 16.1 Å². The number of aryl methyl sites for hydroxylation is 1. The van der Waals surface area contributed by atoms with Crippen molar-refractivity contribution in [3.8, 4) is 5.75 Å². The number of nitrogens with one attached hydrogen (secondary N) is 1. The lowest BCUT2D eigenvalue weighted by Gasteiger charge is -2.32. The topological polar surface area (TPSA) is 96.0 Å². The molecule has 2 amide bonds. The highest BCUT2D eigenvalue weighted by atomic mass is 32.2. The first-order valence-electron chi connectivity index (χ1n) is 15.0. The van der Waals surface area contributed by atoms with Gasteiger partial charge in [-0.2, -0.15) is 0 Å². The van der Waals surface area contributed by atoms with E-state index in [1.54, 1.807) is 29.2 Å². The third-order valence-electron chi connectivity index (χ3n) is 7.29. The summed E-state index contributed by atoms with van der Waals surface area (Å²) in [7, 11) is -3.65. The molecule has 232 valence electrons. The number of ether oxygens (including phenoxy) is 1. The van der Waals surface area contributed by atoms with Crippen molar-refractivity contribution in [2.45, 2.75) is 65.5 Å². The van der Waals surface area contributed by atoms with Crippen molar-refractivity contribution in [3.05, 3.63) is 95.6 Å². The molecule has 3 aromatic rings. The number of rotatable bonds is 17. The maximum absolute atomic E-state index is 14.0. The van der Waals surface area contributed by atoms with Crippen LogP contribution in [0, 0.1) is 6.92 Å². The van der Waals surface area contributed by atoms with E-state index in [4.69, 9.17) is 4.74 Å². The number of sulfonamides is 1. The molecular weight excluding hydrogens is 562 g/mol. The van der Waals surface area contributed by atoms with Gasteiger partial charge < -0.3 is 15.0 Å². The summed E-state index contributed by atoms with van der Waals surface area (Å²) in [6, 6.07) is 23.8. The predicted molar refractivity (Wildman–Crippen MR) is 173 cm³/mol. The van der Waals surface area contributed by atoms with E-state index in [9.17, 15) is 18.0 Å². The van der Waals surface area contributed by atoms with Crippen molar-refractivity contribution in [2.24, 2.45) is 0 Å². The van der Waals surface area contributed by atoms with Crippen molar-refractivity contribution in [1.82, 2.24) is 10.2 Å². The summed E-state index contributed by atoms with van der Waals surface area (Å²) in [6.45, 7) is 7.19. The van der Waals surface area contributed by atoms with Crippen LogP contribution < -0.4 is 14.4 Å². The van der Waals surface area contributed by atoms with Crippen LogP contribution in [0.15, 0.2) is 78.9 Å². The van der Waals surface area contributed by atoms with Gasteiger partial charge in [0.1, 0.15) is 11.8 Å². The van der Waals surface area contributed by atoms with E-state index >= 15 is 0 Å². The molecule has 1 N–H and O–H groups in total. The van der Waals surface area contributed by atoms with Crippen molar-refractivity contribution in [2.75, 3.05) is 30.3 Å². The fourth-order valence-electron chi connectivity index (χ4n) is 4.95. The van der Waals surface area contributed by atoms with Gasteiger partial charge in [0.15, 0.2) is 0 Å². The van der Waals surface area contributed by atoms with Crippen molar-refractivity contribution in [3.63, 3.8) is 0 Å². The van der Waals surface area contributed by atoms with E-state index in [1.807, 2.05) is 68.4 Å². The minimum Gasteiger partial charge on any atom is -0.492 e. The Morgan fingerprint density at radius 3 is 2.26 bits per heavy atom. The first-order chi connectivity index (χ1) is 20.7. The predicted octanol–water partition coefficient (Wildman–Crippen LogP) is 5.50. The van der Waals surface area contributed by atoms with Crippen LogP contribution in [0.1, 0.15) is 56.2 Å². The molecule has 8 nitrogen and oxygen atoms in total. The Labute approximate surface area is 257 Å². The van der Waals surface area contributed by atoms with E-state index in [0.717, 1.165) is 35.8 Å². The van der Waals surface area contributed by atoms with Gasteiger partial charge in [-0.3, -0.25) is 13.9 Å². The van der Waals surface area contributed by atoms with E-state index in [0.29, 0.717) is 31.0 Å². The van der Waals surface area contributed by atoms with Crippen LogP contribution in [-0.4, -0.2) is 57.1 Å². The highest BCUT2D eigenvalue weighted by Gasteiger charge is 2.31. The van der Waals surface area contributed by atoms with Gasteiger partial charge in [0.05, 0.1) is 18.6 Å². The molecule has 0 radical (unpaired) electrons. The molecule has 0 fully saturated rings. The Morgan fingerprint density at radius 1 is 0.907 bits per heavy atom. The zero-order valence-corrected chi connectivity index (χ0v) is 26.6. The zero-order valence-electron chi connectivity index (χ0n) is 25.8. The second kappa shape index (κ2) is 16.7. The number of nitrogens with zero attached hydrogens (tertiary/aromatic N) is 2. The average molecular weight is 608 g/mol. The Hall–Kier alpha value is -3.85. The summed E-state index contributed by atoms with van der Waals surface area (Å²) in [6.07, 6.45) is 3.65. The number of carbonyl (C=O) groups is 2. The summed E-state index contributed by atoms with van der Waals surface area (Å²) in [5.74, 6) is 0.0682. The van der Waals surface area contributed by atoms with Gasteiger partial charge in [-0.1, -0.05) is 80.1 Å². The molecule has 43 heavy (non-hydrogen) atoms. The quantitative estimate of drug-likeness (QED) is 0.205. The smallest absolute Gasteiger partial charge is 0.243 e. The maximum Gasteiger partial charge on any atom is 0.243 e. The first kappa shape index (κ1) is 33.6. The van der Waals surface area contributed by atoms with Crippen molar-refractivity contribution < 1.29 is 22.7 Å². The van der Waals surface area contributed by atoms with Gasteiger partial charge >= 0.3 is 0 Å². The Morgan fingerprint density at radius 2 is 1.58 bits per heavy atom. The number of anilines is 1. The number of hydrogen-bond donors (Lipinski definition) is 1. The average Bonchev–Trinajstić information content (AvgIpc) is 2.98. The molecule has 0 unspecified atom stereocenters. The lowest BCUT2D eigenvalue weighted by molar-refractivity contribution is -0.141. The minimum atomic E-state index is -3.65. The van der Waals surface area contributed by atoms with E-state index in [1.165, 1.54) is 4.31 Å². The molecule has 0 spiro atoms. The molecule has 0 saturated carbocycles. The fourth-order valence-corrected chi connectivity index (χ4v) is 5.92. The molecule has 0 bridgehead atoms. The number of para-hydroxylation sites is 2. The third-order valence-corrected chi connectivity index (χ3v) is 8.47. The monoisotopic (exact) mass is 607 g/mol. The van der Waals surface area contributed by atoms with Gasteiger partial charge in [0.2, 0.25) is 21.8 Å². The molecule has 3 rings (SSSR count).